The van der Waals surface area contributed by atoms with Crippen molar-refractivity contribution in [3.05, 3.63) is 59.2 Å². The number of rotatable bonds is 1. The van der Waals surface area contributed by atoms with Crippen molar-refractivity contribution in [2.75, 3.05) is 0 Å². The number of Topliss-reactive ketones (excluding diaryl/α,β-unsaturated/α-hetero) is 1. The first-order chi connectivity index (χ1) is 10.7. The molecule has 0 spiro atoms. The van der Waals surface area contributed by atoms with Crippen LogP contribution in [0.4, 0.5) is 0 Å². The SMILES string of the molecule is O=C1CCC2CC=CC=C2C1N1C(=O)c2ccccc2C1=O. The summed E-state index contributed by atoms with van der Waals surface area (Å²) in [7, 11) is 0. The second kappa shape index (κ2) is 4.77. The van der Waals surface area contributed by atoms with Crippen molar-refractivity contribution in [3.63, 3.8) is 0 Å². The summed E-state index contributed by atoms with van der Waals surface area (Å²) < 4.78 is 0. The first-order valence-corrected chi connectivity index (χ1v) is 7.54. The van der Waals surface area contributed by atoms with Gasteiger partial charge in [0.05, 0.1) is 11.1 Å². The maximum absolute atomic E-state index is 12.6. The number of amides is 2. The van der Waals surface area contributed by atoms with Gasteiger partial charge in [0.15, 0.2) is 5.78 Å². The standard InChI is InChI=1S/C18H15NO3/c20-15-10-9-11-5-1-2-6-12(11)16(15)19-17(21)13-7-3-4-8-14(13)18(19)22/h1-4,6-8,11,16H,5,9-10H2. The van der Waals surface area contributed by atoms with Crippen molar-refractivity contribution in [1.29, 1.82) is 0 Å². The Morgan fingerprint density at radius 1 is 1.00 bits per heavy atom. The van der Waals surface area contributed by atoms with Gasteiger partial charge in [-0.25, -0.2) is 0 Å². The number of hydrogen-bond acceptors (Lipinski definition) is 3. The van der Waals surface area contributed by atoms with Crippen molar-refractivity contribution in [1.82, 2.24) is 4.90 Å². The Balaban J connectivity index is 1.80. The van der Waals surface area contributed by atoms with Gasteiger partial charge in [-0.2, -0.15) is 0 Å². The summed E-state index contributed by atoms with van der Waals surface area (Å²) in [6.45, 7) is 0. The number of carbonyl (C=O) groups is 3. The van der Waals surface area contributed by atoms with Gasteiger partial charge in [-0.05, 0) is 36.5 Å². The number of imide groups is 1. The minimum Gasteiger partial charge on any atom is -0.297 e. The van der Waals surface area contributed by atoms with E-state index in [4.69, 9.17) is 0 Å². The number of allylic oxidation sites excluding steroid dienone is 3. The van der Waals surface area contributed by atoms with Crippen LogP contribution in [0.5, 0.6) is 0 Å². The number of fused-ring (bicyclic) bond motifs is 2. The highest BCUT2D eigenvalue weighted by Gasteiger charge is 2.46. The van der Waals surface area contributed by atoms with E-state index in [0.29, 0.717) is 17.5 Å². The van der Waals surface area contributed by atoms with Crippen LogP contribution in [-0.2, 0) is 4.79 Å². The van der Waals surface area contributed by atoms with Crippen LogP contribution in [0.2, 0.25) is 0 Å². The van der Waals surface area contributed by atoms with Crippen LogP contribution >= 0.6 is 0 Å². The van der Waals surface area contributed by atoms with E-state index in [1.54, 1.807) is 24.3 Å². The summed E-state index contributed by atoms with van der Waals surface area (Å²) in [4.78, 5) is 38.9. The Hall–Kier alpha value is -2.49. The predicted octanol–water partition coefficient (Wildman–Crippen LogP) is 2.52. The van der Waals surface area contributed by atoms with Crippen molar-refractivity contribution in [2.24, 2.45) is 5.92 Å². The molecule has 1 heterocycles. The van der Waals surface area contributed by atoms with Crippen LogP contribution < -0.4 is 0 Å². The highest BCUT2D eigenvalue weighted by Crippen LogP contribution is 2.38. The van der Waals surface area contributed by atoms with Gasteiger partial charge in [-0.1, -0.05) is 30.4 Å². The molecule has 0 radical (unpaired) electrons. The van der Waals surface area contributed by atoms with Gasteiger partial charge in [-0.3, -0.25) is 19.3 Å². The van der Waals surface area contributed by atoms with Gasteiger partial charge in [0, 0.05) is 6.42 Å². The summed E-state index contributed by atoms with van der Waals surface area (Å²) in [5.41, 5.74) is 1.71. The lowest BCUT2D eigenvalue weighted by molar-refractivity contribution is -0.123. The summed E-state index contributed by atoms with van der Waals surface area (Å²) >= 11 is 0. The molecule has 3 aliphatic rings. The lowest BCUT2D eigenvalue weighted by Gasteiger charge is -2.36. The second-order valence-corrected chi connectivity index (χ2v) is 5.96. The summed E-state index contributed by atoms with van der Waals surface area (Å²) in [5.74, 6) is -0.477. The van der Waals surface area contributed by atoms with E-state index in [1.165, 1.54) is 4.90 Å². The zero-order chi connectivity index (χ0) is 15.3. The van der Waals surface area contributed by atoms with Gasteiger partial charge in [-0.15, -0.1) is 0 Å². The molecule has 1 fully saturated rings. The minimum absolute atomic E-state index is 0.0349. The molecule has 0 N–H and O–H groups in total. The third-order valence-corrected chi connectivity index (χ3v) is 4.76. The Morgan fingerprint density at radius 2 is 1.68 bits per heavy atom. The van der Waals surface area contributed by atoms with E-state index in [1.807, 2.05) is 12.2 Å². The smallest absolute Gasteiger partial charge is 0.262 e. The van der Waals surface area contributed by atoms with E-state index in [-0.39, 0.29) is 23.5 Å². The molecule has 4 nitrogen and oxygen atoms in total. The van der Waals surface area contributed by atoms with Crippen LogP contribution in [0.25, 0.3) is 0 Å². The van der Waals surface area contributed by atoms with Gasteiger partial charge in [0.1, 0.15) is 6.04 Å². The number of benzene rings is 1. The van der Waals surface area contributed by atoms with E-state index in [0.717, 1.165) is 18.4 Å². The topological polar surface area (TPSA) is 54.5 Å². The quantitative estimate of drug-likeness (QED) is 0.748. The molecule has 0 aromatic heterocycles. The highest BCUT2D eigenvalue weighted by molar-refractivity contribution is 6.23. The van der Waals surface area contributed by atoms with Crippen LogP contribution in [0.3, 0.4) is 0 Å². The average Bonchev–Trinajstić information content (AvgIpc) is 2.80. The summed E-state index contributed by atoms with van der Waals surface area (Å²) in [6.07, 6.45) is 7.99. The van der Waals surface area contributed by atoms with E-state index >= 15 is 0 Å². The molecule has 1 aliphatic heterocycles. The van der Waals surface area contributed by atoms with Crippen LogP contribution in [0, 0.1) is 5.92 Å². The molecular formula is C18H15NO3. The second-order valence-electron chi connectivity index (χ2n) is 5.96. The molecule has 1 aromatic carbocycles. The van der Waals surface area contributed by atoms with Crippen molar-refractivity contribution in [3.8, 4) is 0 Å². The third kappa shape index (κ3) is 1.73. The van der Waals surface area contributed by atoms with Crippen LogP contribution in [-0.4, -0.2) is 28.5 Å². The molecule has 0 saturated heterocycles. The Labute approximate surface area is 128 Å². The van der Waals surface area contributed by atoms with Gasteiger partial charge in [0.2, 0.25) is 0 Å². The molecule has 4 rings (SSSR count). The Bertz CT molecular complexity index is 724. The fourth-order valence-electron chi connectivity index (χ4n) is 3.67. The van der Waals surface area contributed by atoms with Crippen molar-refractivity contribution < 1.29 is 14.4 Å². The number of ketones is 1. The molecular weight excluding hydrogens is 278 g/mol. The van der Waals surface area contributed by atoms with Crippen molar-refractivity contribution in [2.45, 2.75) is 25.3 Å². The maximum Gasteiger partial charge on any atom is 0.262 e. The number of hydrogen-bond donors (Lipinski definition) is 0. The highest BCUT2D eigenvalue weighted by atomic mass is 16.2. The summed E-state index contributed by atoms with van der Waals surface area (Å²) in [5, 5.41) is 0. The molecule has 2 aliphatic carbocycles. The summed E-state index contributed by atoms with van der Waals surface area (Å²) in [6, 6.07) is 6.05. The van der Waals surface area contributed by atoms with Crippen LogP contribution in [0.1, 0.15) is 40.0 Å². The monoisotopic (exact) mass is 293 g/mol. The van der Waals surface area contributed by atoms with E-state index in [2.05, 4.69) is 6.08 Å². The third-order valence-electron chi connectivity index (χ3n) is 4.76. The number of carbonyl (C=O) groups excluding carboxylic acids is 3. The molecule has 1 saturated carbocycles. The largest absolute Gasteiger partial charge is 0.297 e. The average molecular weight is 293 g/mol. The maximum atomic E-state index is 12.6. The fraction of sp³-hybridized carbons (Fsp3) is 0.278. The lowest BCUT2D eigenvalue weighted by atomic mass is 9.75. The molecule has 22 heavy (non-hydrogen) atoms. The van der Waals surface area contributed by atoms with Gasteiger partial charge < -0.3 is 0 Å². The molecule has 1 aromatic rings. The Morgan fingerprint density at radius 3 is 2.36 bits per heavy atom. The van der Waals surface area contributed by atoms with E-state index < -0.39 is 6.04 Å². The van der Waals surface area contributed by atoms with Crippen molar-refractivity contribution >= 4 is 17.6 Å². The predicted molar refractivity (Wildman–Crippen MR) is 80.3 cm³/mol. The van der Waals surface area contributed by atoms with Gasteiger partial charge >= 0.3 is 0 Å². The molecule has 2 atom stereocenters. The first kappa shape index (κ1) is 13.2. The molecule has 2 amide bonds. The zero-order valence-corrected chi connectivity index (χ0v) is 12.0. The Kier molecular flexibility index (Phi) is 2.86. The van der Waals surface area contributed by atoms with Crippen LogP contribution in [0.15, 0.2) is 48.1 Å². The molecule has 0 bridgehead atoms. The zero-order valence-electron chi connectivity index (χ0n) is 12.0. The van der Waals surface area contributed by atoms with Gasteiger partial charge in [0.25, 0.3) is 11.8 Å². The lowest BCUT2D eigenvalue weighted by Crippen LogP contribution is -2.49. The molecule has 2 unspecified atom stereocenters. The first-order valence-electron chi connectivity index (χ1n) is 7.54. The molecule has 110 valence electrons. The molecule has 4 heteroatoms. The number of nitrogens with zero attached hydrogens (tertiary/aromatic N) is 1. The minimum atomic E-state index is -0.726. The fourth-order valence-corrected chi connectivity index (χ4v) is 3.67. The van der Waals surface area contributed by atoms with E-state index in [9.17, 15) is 14.4 Å². The normalized spacial score (nSPS) is 26.8.